The number of alkyl halides is 6. The van der Waals surface area contributed by atoms with Crippen molar-refractivity contribution >= 4 is 5.91 Å². The number of benzene rings is 3. The molecule has 4 atom stereocenters. The van der Waals surface area contributed by atoms with Crippen LogP contribution in [0.25, 0.3) is 0 Å². The van der Waals surface area contributed by atoms with Crippen LogP contribution in [-0.2, 0) is 47.1 Å². The summed E-state index contributed by atoms with van der Waals surface area (Å²) in [7, 11) is 3.27. The Hall–Kier alpha value is -4.30. The van der Waals surface area contributed by atoms with Gasteiger partial charge < -0.3 is 9.64 Å². The average molecular weight is 673 g/mol. The molecule has 4 unspecified atom stereocenters. The van der Waals surface area contributed by atoms with Crippen LogP contribution in [0.4, 0.5) is 26.3 Å². The number of hydrogen-bond donors (Lipinski definition) is 0. The van der Waals surface area contributed by atoms with Gasteiger partial charge in [0.05, 0.1) is 29.4 Å². The number of nitrogens with zero attached hydrogens (tertiary/aromatic N) is 6. The number of likely N-dealkylation sites (N-methyl/N-ethyl adjacent to an activating group) is 1. The van der Waals surface area contributed by atoms with Crippen molar-refractivity contribution < 1.29 is 35.9 Å². The molecule has 0 aliphatic carbocycles. The lowest BCUT2D eigenvalue weighted by atomic mass is 9.78. The van der Waals surface area contributed by atoms with E-state index in [1.807, 2.05) is 60.7 Å². The van der Waals surface area contributed by atoms with Crippen LogP contribution in [0.2, 0.25) is 0 Å². The second-order valence-electron chi connectivity index (χ2n) is 12.5. The first-order valence-corrected chi connectivity index (χ1v) is 15.5. The summed E-state index contributed by atoms with van der Waals surface area (Å²) >= 11 is 0. The van der Waals surface area contributed by atoms with Gasteiger partial charge in [0.25, 0.3) is 0 Å². The van der Waals surface area contributed by atoms with Gasteiger partial charge in [-0.2, -0.15) is 31.1 Å². The molecule has 2 aliphatic heterocycles. The summed E-state index contributed by atoms with van der Waals surface area (Å²) in [5.41, 5.74) is -1.92. The molecule has 8 nitrogen and oxygen atoms in total. The number of rotatable bonds is 9. The Labute approximate surface area is 273 Å². The molecule has 2 fully saturated rings. The van der Waals surface area contributed by atoms with Crippen LogP contribution in [0.15, 0.2) is 78.9 Å². The van der Waals surface area contributed by atoms with E-state index in [4.69, 9.17) is 4.74 Å². The third-order valence-corrected chi connectivity index (χ3v) is 9.31. The highest BCUT2D eigenvalue weighted by atomic mass is 19.4. The fourth-order valence-electron chi connectivity index (χ4n) is 7.09. The van der Waals surface area contributed by atoms with Crippen LogP contribution in [0, 0.1) is 0 Å². The van der Waals surface area contributed by atoms with Crippen LogP contribution >= 0.6 is 0 Å². The number of fused-ring (bicyclic) bond motifs is 2. The Morgan fingerprint density at radius 1 is 0.896 bits per heavy atom. The number of tetrazole rings is 1. The molecule has 2 bridgehead atoms. The van der Waals surface area contributed by atoms with Crippen LogP contribution in [-0.4, -0.2) is 62.2 Å². The molecule has 48 heavy (non-hydrogen) atoms. The van der Waals surface area contributed by atoms with E-state index < -0.39 is 41.7 Å². The summed E-state index contributed by atoms with van der Waals surface area (Å²) in [6, 6.07) is 20.8. The molecule has 0 saturated carbocycles. The molecule has 3 aromatic carbocycles. The van der Waals surface area contributed by atoms with E-state index in [-0.39, 0.29) is 36.0 Å². The standard InChI is InChI=1S/C34H34F6N6O2/c1-44(2)30(47)20-46-42-31(41-43-46)27-18-32(24-11-7-4-8-12-24)29(14-13-28(27)45(32)19-22-9-5-3-6-10-22)48-21-23-15-25(33(35,36)37)17-26(16-23)34(38,39)40/h3-12,15-17,27-29H,13-14,18-21H2,1-2H3. The fraction of sp³-hybridized carbons (Fsp3) is 0.412. The van der Waals surface area contributed by atoms with E-state index in [0.717, 1.165) is 11.1 Å². The van der Waals surface area contributed by atoms with Gasteiger partial charge in [-0.15, -0.1) is 10.2 Å². The van der Waals surface area contributed by atoms with Gasteiger partial charge in [-0.1, -0.05) is 60.7 Å². The Morgan fingerprint density at radius 2 is 1.52 bits per heavy atom. The first-order valence-electron chi connectivity index (χ1n) is 15.5. The van der Waals surface area contributed by atoms with Crippen molar-refractivity contribution in [3.63, 3.8) is 0 Å². The Morgan fingerprint density at radius 3 is 2.12 bits per heavy atom. The van der Waals surface area contributed by atoms with E-state index in [9.17, 15) is 31.1 Å². The minimum absolute atomic E-state index is 0.0857. The topological polar surface area (TPSA) is 76.4 Å². The number of aromatic nitrogens is 4. The van der Waals surface area contributed by atoms with Crippen molar-refractivity contribution in [1.29, 1.82) is 0 Å². The minimum Gasteiger partial charge on any atom is -0.371 e. The van der Waals surface area contributed by atoms with Crippen LogP contribution < -0.4 is 0 Å². The summed E-state index contributed by atoms with van der Waals surface area (Å²) < 4.78 is 88.4. The smallest absolute Gasteiger partial charge is 0.371 e. The van der Waals surface area contributed by atoms with Gasteiger partial charge in [0.2, 0.25) is 5.91 Å². The number of carbonyl (C=O) groups is 1. The van der Waals surface area contributed by atoms with Crippen molar-refractivity contribution in [3.8, 4) is 0 Å². The summed E-state index contributed by atoms with van der Waals surface area (Å²) in [6.07, 6.45) is -9.02. The molecule has 6 rings (SSSR count). The molecule has 14 heteroatoms. The van der Waals surface area contributed by atoms with E-state index in [0.29, 0.717) is 43.8 Å². The molecule has 0 radical (unpaired) electrons. The molecule has 1 amide bonds. The molecule has 4 aromatic rings. The number of ether oxygens (including phenoxy) is 1. The third kappa shape index (κ3) is 6.68. The van der Waals surface area contributed by atoms with Crippen LogP contribution in [0.5, 0.6) is 0 Å². The number of piperidine rings is 1. The first kappa shape index (κ1) is 33.6. The monoisotopic (exact) mass is 672 g/mol. The van der Waals surface area contributed by atoms with Crippen molar-refractivity contribution in [1.82, 2.24) is 30.0 Å². The summed E-state index contributed by atoms with van der Waals surface area (Å²) in [6.45, 7) is -0.0504. The van der Waals surface area contributed by atoms with E-state index in [1.165, 1.54) is 9.70 Å². The highest BCUT2D eigenvalue weighted by molar-refractivity contribution is 5.75. The predicted octanol–water partition coefficient (Wildman–Crippen LogP) is 6.43. The fourth-order valence-corrected chi connectivity index (χ4v) is 7.09. The van der Waals surface area contributed by atoms with E-state index >= 15 is 0 Å². The lowest BCUT2D eigenvalue weighted by Crippen LogP contribution is -2.56. The molecule has 254 valence electrons. The zero-order chi connectivity index (χ0) is 34.3. The lowest BCUT2D eigenvalue weighted by Gasteiger charge is -2.50. The normalized spacial score (nSPS) is 23.0. The number of amides is 1. The summed E-state index contributed by atoms with van der Waals surface area (Å²) in [5, 5.41) is 13.1. The van der Waals surface area contributed by atoms with Gasteiger partial charge in [0, 0.05) is 32.6 Å². The SMILES string of the molecule is CN(C)C(=O)Cn1nnc(C2CC3(c4ccccc4)C(OCc4cc(C(F)(F)F)cc(C(F)(F)F)c4)CCC2N3Cc2ccccc2)n1. The molecular weight excluding hydrogens is 638 g/mol. The average Bonchev–Trinajstić information content (AvgIpc) is 3.59. The van der Waals surface area contributed by atoms with Gasteiger partial charge in [0.1, 0.15) is 6.54 Å². The van der Waals surface area contributed by atoms with Gasteiger partial charge in [0.15, 0.2) is 5.82 Å². The van der Waals surface area contributed by atoms with Crippen LogP contribution in [0.1, 0.15) is 58.8 Å². The first-order chi connectivity index (χ1) is 22.8. The molecule has 1 aromatic heterocycles. The Balaban J connectivity index is 1.40. The second kappa shape index (κ2) is 13.0. The number of hydrogen-bond acceptors (Lipinski definition) is 6. The molecule has 2 saturated heterocycles. The highest BCUT2D eigenvalue weighted by Crippen LogP contribution is 2.57. The molecule has 2 aliphatic rings. The van der Waals surface area contributed by atoms with Gasteiger partial charge in [-0.25, -0.2) is 0 Å². The summed E-state index contributed by atoms with van der Waals surface area (Å²) in [4.78, 5) is 17.4. The second-order valence-corrected chi connectivity index (χ2v) is 12.5. The molecule has 0 N–H and O–H groups in total. The molecule has 3 heterocycles. The largest absolute Gasteiger partial charge is 0.416 e. The van der Waals surface area contributed by atoms with E-state index in [2.05, 4.69) is 20.3 Å². The molecule has 0 spiro atoms. The lowest BCUT2D eigenvalue weighted by molar-refractivity contribution is -0.143. The zero-order valence-corrected chi connectivity index (χ0v) is 26.2. The number of carbonyl (C=O) groups excluding carboxylic acids is 1. The van der Waals surface area contributed by atoms with Gasteiger partial charge in [-0.3, -0.25) is 9.69 Å². The van der Waals surface area contributed by atoms with Gasteiger partial charge in [-0.05, 0) is 59.4 Å². The van der Waals surface area contributed by atoms with Crippen molar-refractivity contribution in [2.75, 3.05) is 14.1 Å². The molecular formula is C34H34F6N6O2. The van der Waals surface area contributed by atoms with Crippen LogP contribution in [0.3, 0.4) is 0 Å². The highest BCUT2D eigenvalue weighted by Gasteiger charge is 2.61. The zero-order valence-electron chi connectivity index (χ0n) is 26.2. The number of halogens is 6. The van der Waals surface area contributed by atoms with Gasteiger partial charge >= 0.3 is 12.4 Å². The third-order valence-electron chi connectivity index (χ3n) is 9.31. The Bertz CT molecular complexity index is 1700. The van der Waals surface area contributed by atoms with Crippen molar-refractivity contribution in [3.05, 3.63) is 113 Å². The Kier molecular flexibility index (Phi) is 9.07. The maximum Gasteiger partial charge on any atom is 0.416 e. The van der Waals surface area contributed by atoms with E-state index in [1.54, 1.807) is 14.1 Å². The van der Waals surface area contributed by atoms with Crippen molar-refractivity contribution in [2.24, 2.45) is 0 Å². The van der Waals surface area contributed by atoms with Crippen molar-refractivity contribution in [2.45, 2.75) is 74.9 Å². The maximum atomic E-state index is 13.7. The predicted molar refractivity (Wildman–Crippen MR) is 162 cm³/mol. The maximum absolute atomic E-state index is 13.7. The summed E-state index contributed by atoms with van der Waals surface area (Å²) in [5.74, 6) is -0.000742. The quantitative estimate of drug-likeness (QED) is 0.191. The minimum atomic E-state index is -4.97.